The molecule has 0 aliphatic rings. The van der Waals surface area contributed by atoms with Crippen molar-refractivity contribution in [3.63, 3.8) is 0 Å². The Kier molecular flexibility index (Phi) is 4.90. The first-order valence-electron chi connectivity index (χ1n) is 9.85. The number of nitrogens with zero attached hydrogens (tertiary/aromatic N) is 4. The fraction of sp³-hybridized carbons (Fsp3) is 0.136. The molecule has 0 atom stereocenters. The second-order valence-corrected chi connectivity index (χ2v) is 10.4. The number of aromatic nitrogens is 4. The molecular weight excluding hydrogens is 449 g/mol. The van der Waals surface area contributed by atoms with Crippen LogP contribution >= 0.6 is 11.3 Å². The molecule has 0 spiro atoms. The Bertz CT molecular complexity index is 1540. The minimum absolute atomic E-state index is 0.119. The lowest BCUT2D eigenvalue weighted by Gasteiger charge is -2.09. The first kappa shape index (κ1) is 20.5. The summed E-state index contributed by atoms with van der Waals surface area (Å²) in [5.41, 5.74) is 2.46. The molecule has 0 aliphatic carbocycles. The van der Waals surface area contributed by atoms with E-state index in [1.807, 2.05) is 25.3 Å². The minimum Gasteiger partial charge on any atom is -0.339 e. The van der Waals surface area contributed by atoms with Gasteiger partial charge in [0.05, 0.1) is 15.1 Å². The normalized spacial score (nSPS) is 12.1. The van der Waals surface area contributed by atoms with E-state index in [4.69, 9.17) is 0 Å². The molecule has 0 unspecified atom stereocenters. The van der Waals surface area contributed by atoms with Gasteiger partial charge in [-0.1, -0.05) is 31.2 Å². The summed E-state index contributed by atoms with van der Waals surface area (Å²) in [6, 6.07) is 14.4. The highest BCUT2D eigenvalue weighted by atomic mass is 32.2. The van der Waals surface area contributed by atoms with Gasteiger partial charge in [0.25, 0.3) is 0 Å². The molecule has 0 amide bonds. The standard InChI is InChI=1S/C22H18FN5O2S2/c1-13(2)14-3-9-17(10-4-14)32(29,30)22-21-25-20(24-16-7-5-15(23)6-8-16)19-18(11-12-31-19)28(21)27-26-22/h3-13H,1-2H3,(H,24,25). The summed E-state index contributed by atoms with van der Waals surface area (Å²) in [5, 5.41) is 12.8. The molecule has 0 bridgehead atoms. The van der Waals surface area contributed by atoms with Crippen LogP contribution in [0.5, 0.6) is 0 Å². The average molecular weight is 468 g/mol. The lowest BCUT2D eigenvalue weighted by molar-refractivity contribution is 0.592. The van der Waals surface area contributed by atoms with Crippen LogP contribution in [-0.4, -0.2) is 28.2 Å². The maximum Gasteiger partial charge on any atom is 0.229 e. The van der Waals surface area contributed by atoms with Crippen LogP contribution in [0.4, 0.5) is 15.9 Å². The van der Waals surface area contributed by atoms with Gasteiger partial charge in [-0.3, -0.25) is 0 Å². The van der Waals surface area contributed by atoms with Gasteiger partial charge in [0, 0.05) is 5.69 Å². The van der Waals surface area contributed by atoms with Crippen molar-refractivity contribution in [1.29, 1.82) is 0 Å². The number of benzene rings is 2. The molecule has 10 heteroatoms. The summed E-state index contributed by atoms with van der Waals surface area (Å²) in [5.74, 6) is 0.385. The smallest absolute Gasteiger partial charge is 0.229 e. The SMILES string of the molecule is CC(C)c1ccc(S(=O)(=O)c2nnn3c2nc(Nc2ccc(F)cc2)c2sccc23)cc1. The lowest BCUT2D eigenvalue weighted by atomic mass is 10.0. The van der Waals surface area contributed by atoms with E-state index in [1.54, 1.807) is 36.4 Å². The third kappa shape index (κ3) is 3.41. The molecule has 3 aromatic heterocycles. The maximum absolute atomic E-state index is 13.4. The topological polar surface area (TPSA) is 89.2 Å². The third-order valence-corrected chi connectivity index (χ3v) is 7.72. The van der Waals surface area contributed by atoms with Gasteiger partial charge < -0.3 is 5.32 Å². The maximum atomic E-state index is 13.4. The first-order valence-corrected chi connectivity index (χ1v) is 12.2. The molecule has 0 saturated carbocycles. The Balaban J connectivity index is 1.65. The number of nitrogens with one attached hydrogen (secondary N) is 1. The van der Waals surface area contributed by atoms with Crippen LogP contribution in [0, 0.1) is 5.82 Å². The quantitative estimate of drug-likeness (QED) is 0.383. The minimum atomic E-state index is -3.94. The van der Waals surface area contributed by atoms with Crippen LogP contribution in [0.2, 0.25) is 0 Å². The van der Waals surface area contributed by atoms with Gasteiger partial charge in [-0.15, -0.1) is 16.4 Å². The zero-order valence-electron chi connectivity index (χ0n) is 17.2. The van der Waals surface area contributed by atoms with Gasteiger partial charge in [-0.25, -0.2) is 17.8 Å². The van der Waals surface area contributed by atoms with E-state index < -0.39 is 9.84 Å². The van der Waals surface area contributed by atoms with Crippen molar-refractivity contribution < 1.29 is 12.8 Å². The summed E-state index contributed by atoms with van der Waals surface area (Å²) >= 11 is 1.43. The molecule has 162 valence electrons. The molecule has 1 N–H and O–H groups in total. The van der Waals surface area contributed by atoms with E-state index >= 15 is 0 Å². The van der Waals surface area contributed by atoms with Crippen LogP contribution in [0.3, 0.4) is 0 Å². The summed E-state index contributed by atoms with van der Waals surface area (Å²) < 4.78 is 42.2. The molecule has 0 aliphatic heterocycles. The molecule has 0 saturated heterocycles. The fourth-order valence-electron chi connectivity index (χ4n) is 3.40. The van der Waals surface area contributed by atoms with Gasteiger partial charge in [-0.2, -0.15) is 4.52 Å². The zero-order valence-corrected chi connectivity index (χ0v) is 18.8. The molecule has 0 radical (unpaired) electrons. The monoisotopic (exact) mass is 467 g/mol. The summed E-state index contributed by atoms with van der Waals surface area (Å²) in [7, 11) is -3.94. The second-order valence-electron chi connectivity index (χ2n) is 7.58. The van der Waals surface area contributed by atoms with Gasteiger partial charge in [0.15, 0.2) is 11.5 Å². The Morgan fingerprint density at radius 2 is 1.75 bits per heavy atom. The van der Waals surface area contributed by atoms with Gasteiger partial charge in [-0.05, 0) is 59.3 Å². The van der Waals surface area contributed by atoms with E-state index in [2.05, 4.69) is 20.6 Å². The van der Waals surface area contributed by atoms with Crippen molar-refractivity contribution in [3.05, 3.63) is 71.4 Å². The number of fused-ring (bicyclic) bond motifs is 3. The number of anilines is 2. The molecule has 3 heterocycles. The van der Waals surface area contributed by atoms with Gasteiger partial charge >= 0.3 is 0 Å². The summed E-state index contributed by atoms with van der Waals surface area (Å²) in [6.45, 7) is 4.09. The summed E-state index contributed by atoms with van der Waals surface area (Å²) in [6.07, 6.45) is 0. The predicted octanol–water partition coefficient (Wildman–Crippen LogP) is 5.18. The number of hydrogen-bond donors (Lipinski definition) is 1. The molecule has 5 aromatic rings. The van der Waals surface area contributed by atoms with Crippen molar-refractivity contribution in [1.82, 2.24) is 19.8 Å². The van der Waals surface area contributed by atoms with Crippen molar-refractivity contribution in [2.75, 3.05) is 5.32 Å². The predicted molar refractivity (Wildman–Crippen MR) is 122 cm³/mol. The third-order valence-electron chi connectivity index (χ3n) is 5.14. The molecule has 0 fully saturated rings. The summed E-state index contributed by atoms with van der Waals surface area (Å²) in [4.78, 5) is 4.68. The largest absolute Gasteiger partial charge is 0.339 e. The fourth-order valence-corrected chi connectivity index (χ4v) is 5.45. The molecule has 5 rings (SSSR count). The number of sulfone groups is 1. The van der Waals surface area contributed by atoms with E-state index in [0.717, 1.165) is 10.3 Å². The Hall–Kier alpha value is -3.37. The van der Waals surface area contributed by atoms with Crippen LogP contribution in [0.15, 0.2) is 69.9 Å². The van der Waals surface area contributed by atoms with Crippen molar-refractivity contribution >= 4 is 48.5 Å². The lowest BCUT2D eigenvalue weighted by Crippen LogP contribution is -2.05. The second kappa shape index (κ2) is 7.64. The highest BCUT2D eigenvalue weighted by Gasteiger charge is 2.27. The highest BCUT2D eigenvalue weighted by molar-refractivity contribution is 7.91. The Morgan fingerprint density at radius 1 is 1.03 bits per heavy atom. The molecule has 7 nitrogen and oxygen atoms in total. The van der Waals surface area contributed by atoms with Crippen molar-refractivity contribution in [2.45, 2.75) is 29.7 Å². The van der Waals surface area contributed by atoms with Crippen molar-refractivity contribution in [2.24, 2.45) is 0 Å². The van der Waals surface area contributed by atoms with Gasteiger partial charge in [0.1, 0.15) is 5.82 Å². The number of rotatable bonds is 5. The van der Waals surface area contributed by atoms with E-state index in [-0.39, 0.29) is 27.3 Å². The Labute approximate surface area is 187 Å². The van der Waals surface area contributed by atoms with E-state index in [0.29, 0.717) is 17.0 Å². The zero-order chi connectivity index (χ0) is 22.5. The molecule has 2 aromatic carbocycles. The van der Waals surface area contributed by atoms with E-state index in [9.17, 15) is 12.8 Å². The Morgan fingerprint density at radius 3 is 2.44 bits per heavy atom. The van der Waals surface area contributed by atoms with Crippen LogP contribution in [0.1, 0.15) is 25.3 Å². The van der Waals surface area contributed by atoms with Crippen molar-refractivity contribution in [3.8, 4) is 0 Å². The van der Waals surface area contributed by atoms with E-state index in [1.165, 1.54) is 28.0 Å². The highest BCUT2D eigenvalue weighted by Crippen LogP contribution is 2.33. The number of thiophene rings is 1. The number of hydrogen-bond acceptors (Lipinski definition) is 7. The number of halogens is 1. The first-order chi connectivity index (χ1) is 15.3. The van der Waals surface area contributed by atoms with Crippen LogP contribution < -0.4 is 5.32 Å². The molecular formula is C22H18FN5O2S2. The average Bonchev–Trinajstić information content (AvgIpc) is 3.43. The van der Waals surface area contributed by atoms with Crippen LogP contribution in [0.25, 0.3) is 15.9 Å². The van der Waals surface area contributed by atoms with Crippen LogP contribution in [-0.2, 0) is 9.84 Å². The van der Waals surface area contributed by atoms with Gasteiger partial charge in [0.2, 0.25) is 14.9 Å². The molecule has 32 heavy (non-hydrogen) atoms.